The molecule has 1 heterocycles. The fraction of sp³-hybridized carbons (Fsp3) is 0.375. The minimum atomic E-state index is 0.946. The van der Waals surface area contributed by atoms with Crippen LogP contribution in [0.5, 0.6) is 0 Å². The standard InChI is InChI=1S/C16H21N3/c1-3-8-14-15(13-9-6-5-7-10-13)18-12-19-16(14)17-11-4-2/h5-7,9-10,12H,3-4,8,11H2,1-2H3,(H,17,18,19). The van der Waals surface area contributed by atoms with Gasteiger partial charge in [-0.05, 0) is 12.8 Å². The van der Waals surface area contributed by atoms with Crippen molar-refractivity contribution < 1.29 is 0 Å². The highest BCUT2D eigenvalue weighted by molar-refractivity contribution is 5.68. The minimum absolute atomic E-state index is 0.946. The highest BCUT2D eigenvalue weighted by atomic mass is 15.0. The summed E-state index contributed by atoms with van der Waals surface area (Å²) in [7, 11) is 0. The van der Waals surface area contributed by atoms with Gasteiger partial charge in [0.25, 0.3) is 0 Å². The van der Waals surface area contributed by atoms with E-state index < -0.39 is 0 Å². The number of hydrogen-bond acceptors (Lipinski definition) is 3. The van der Waals surface area contributed by atoms with Gasteiger partial charge in [0.1, 0.15) is 12.1 Å². The van der Waals surface area contributed by atoms with Gasteiger partial charge < -0.3 is 5.32 Å². The lowest BCUT2D eigenvalue weighted by atomic mass is 10.0. The zero-order valence-electron chi connectivity index (χ0n) is 11.7. The van der Waals surface area contributed by atoms with Gasteiger partial charge in [-0.3, -0.25) is 0 Å². The summed E-state index contributed by atoms with van der Waals surface area (Å²) in [6.07, 6.45) is 4.83. The average Bonchev–Trinajstić information content (AvgIpc) is 2.47. The Morgan fingerprint density at radius 1 is 1.00 bits per heavy atom. The van der Waals surface area contributed by atoms with Gasteiger partial charge in [-0.2, -0.15) is 0 Å². The first-order chi connectivity index (χ1) is 9.36. The highest BCUT2D eigenvalue weighted by Crippen LogP contribution is 2.26. The van der Waals surface area contributed by atoms with Crippen molar-refractivity contribution in [3.63, 3.8) is 0 Å². The molecule has 0 atom stereocenters. The molecule has 0 aliphatic heterocycles. The van der Waals surface area contributed by atoms with Crippen LogP contribution >= 0.6 is 0 Å². The number of nitrogens with one attached hydrogen (secondary N) is 1. The Bertz CT molecular complexity index is 509. The molecule has 0 radical (unpaired) electrons. The van der Waals surface area contributed by atoms with E-state index in [4.69, 9.17) is 0 Å². The van der Waals surface area contributed by atoms with Crippen LogP contribution in [0.4, 0.5) is 5.82 Å². The summed E-state index contributed by atoms with van der Waals surface area (Å²) in [6.45, 7) is 5.29. The van der Waals surface area contributed by atoms with Crippen LogP contribution in [0.25, 0.3) is 11.3 Å². The van der Waals surface area contributed by atoms with Gasteiger partial charge in [-0.15, -0.1) is 0 Å². The second-order valence-electron chi connectivity index (χ2n) is 4.59. The van der Waals surface area contributed by atoms with Crippen LogP contribution in [0.15, 0.2) is 36.7 Å². The van der Waals surface area contributed by atoms with Crippen molar-refractivity contribution >= 4 is 5.82 Å². The number of benzene rings is 1. The van der Waals surface area contributed by atoms with Crippen molar-refractivity contribution in [2.24, 2.45) is 0 Å². The van der Waals surface area contributed by atoms with Crippen LogP contribution in [0.3, 0.4) is 0 Å². The maximum Gasteiger partial charge on any atom is 0.133 e. The first kappa shape index (κ1) is 13.5. The largest absolute Gasteiger partial charge is 0.370 e. The molecular weight excluding hydrogens is 234 g/mol. The molecule has 0 saturated heterocycles. The van der Waals surface area contributed by atoms with Crippen molar-refractivity contribution in [2.75, 3.05) is 11.9 Å². The van der Waals surface area contributed by atoms with Crippen LogP contribution < -0.4 is 5.32 Å². The Morgan fingerprint density at radius 2 is 1.79 bits per heavy atom. The summed E-state index contributed by atoms with van der Waals surface area (Å²) in [4.78, 5) is 8.88. The Morgan fingerprint density at radius 3 is 2.47 bits per heavy atom. The molecule has 0 aliphatic rings. The molecule has 1 N–H and O–H groups in total. The summed E-state index contributed by atoms with van der Waals surface area (Å²) < 4.78 is 0. The van der Waals surface area contributed by atoms with E-state index in [9.17, 15) is 0 Å². The quantitative estimate of drug-likeness (QED) is 0.850. The van der Waals surface area contributed by atoms with Gasteiger partial charge in [0, 0.05) is 17.7 Å². The van der Waals surface area contributed by atoms with Crippen molar-refractivity contribution in [3.8, 4) is 11.3 Å². The molecule has 2 rings (SSSR count). The normalized spacial score (nSPS) is 10.4. The van der Waals surface area contributed by atoms with Gasteiger partial charge >= 0.3 is 0 Å². The number of aromatic nitrogens is 2. The van der Waals surface area contributed by atoms with Gasteiger partial charge in [-0.25, -0.2) is 9.97 Å². The van der Waals surface area contributed by atoms with Gasteiger partial charge in [0.15, 0.2) is 0 Å². The zero-order chi connectivity index (χ0) is 13.5. The molecule has 0 aliphatic carbocycles. The summed E-state index contributed by atoms with van der Waals surface area (Å²) in [5.41, 5.74) is 3.44. The Kier molecular flexibility index (Phi) is 4.90. The van der Waals surface area contributed by atoms with Crippen molar-refractivity contribution in [1.29, 1.82) is 0 Å². The molecule has 3 heteroatoms. The Balaban J connectivity index is 2.42. The maximum atomic E-state index is 4.49. The third-order valence-corrected chi connectivity index (χ3v) is 3.04. The van der Waals surface area contributed by atoms with Crippen LogP contribution in [-0.4, -0.2) is 16.5 Å². The second-order valence-corrected chi connectivity index (χ2v) is 4.59. The number of hydrogen-bond donors (Lipinski definition) is 1. The zero-order valence-corrected chi connectivity index (χ0v) is 11.7. The lowest BCUT2D eigenvalue weighted by Crippen LogP contribution is -2.07. The Labute approximate surface area is 115 Å². The monoisotopic (exact) mass is 255 g/mol. The molecule has 0 fully saturated rings. The molecule has 0 saturated carbocycles. The third-order valence-electron chi connectivity index (χ3n) is 3.04. The van der Waals surface area contributed by atoms with Gasteiger partial charge in [0.2, 0.25) is 0 Å². The third kappa shape index (κ3) is 3.31. The Hall–Kier alpha value is -1.90. The summed E-state index contributed by atoms with van der Waals surface area (Å²) in [6, 6.07) is 10.3. The topological polar surface area (TPSA) is 37.8 Å². The smallest absolute Gasteiger partial charge is 0.133 e. The molecule has 2 aromatic rings. The van der Waals surface area contributed by atoms with Crippen LogP contribution in [0.2, 0.25) is 0 Å². The highest BCUT2D eigenvalue weighted by Gasteiger charge is 2.11. The first-order valence-corrected chi connectivity index (χ1v) is 7.00. The van der Waals surface area contributed by atoms with E-state index in [-0.39, 0.29) is 0 Å². The molecule has 0 amide bonds. The van der Waals surface area contributed by atoms with E-state index in [0.717, 1.165) is 42.9 Å². The van der Waals surface area contributed by atoms with Crippen LogP contribution in [-0.2, 0) is 6.42 Å². The van der Waals surface area contributed by atoms with E-state index in [2.05, 4.69) is 41.3 Å². The fourth-order valence-electron chi connectivity index (χ4n) is 2.14. The lowest BCUT2D eigenvalue weighted by molar-refractivity contribution is 0.892. The molecule has 1 aromatic carbocycles. The number of nitrogens with zero attached hydrogens (tertiary/aromatic N) is 2. The SMILES string of the molecule is CCCNc1ncnc(-c2ccccc2)c1CCC. The van der Waals surface area contributed by atoms with E-state index in [0.29, 0.717) is 0 Å². The lowest BCUT2D eigenvalue weighted by Gasteiger charge is -2.13. The van der Waals surface area contributed by atoms with Crippen molar-refractivity contribution in [1.82, 2.24) is 9.97 Å². The fourth-order valence-corrected chi connectivity index (χ4v) is 2.14. The van der Waals surface area contributed by atoms with Crippen LogP contribution in [0, 0.1) is 0 Å². The molecular formula is C16H21N3. The van der Waals surface area contributed by atoms with Gasteiger partial charge in [-0.1, -0.05) is 50.6 Å². The molecule has 3 nitrogen and oxygen atoms in total. The molecule has 0 spiro atoms. The average molecular weight is 255 g/mol. The van der Waals surface area contributed by atoms with E-state index in [1.165, 1.54) is 5.56 Å². The maximum absolute atomic E-state index is 4.49. The molecule has 0 unspecified atom stereocenters. The van der Waals surface area contributed by atoms with E-state index in [1.54, 1.807) is 6.33 Å². The van der Waals surface area contributed by atoms with E-state index in [1.807, 2.05) is 18.2 Å². The summed E-state index contributed by atoms with van der Waals surface area (Å²) in [5, 5.41) is 3.41. The number of rotatable bonds is 6. The summed E-state index contributed by atoms with van der Waals surface area (Å²) in [5.74, 6) is 0.984. The number of anilines is 1. The van der Waals surface area contributed by atoms with Crippen molar-refractivity contribution in [2.45, 2.75) is 33.1 Å². The van der Waals surface area contributed by atoms with Crippen LogP contribution in [0.1, 0.15) is 32.3 Å². The summed E-state index contributed by atoms with van der Waals surface area (Å²) >= 11 is 0. The molecule has 1 aromatic heterocycles. The minimum Gasteiger partial charge on any atom is -0.370 e. The van der Waals surface area contributed by atoms with E-state index >= 15 is 0 Å². The first-order valence-electron chi connectivity index (χ1n) is 7.00. The van der Waals surface area contributed by atoms with Gasteiger partial charge in [0.05, 0.1) is 5.69 Å². The molecule has 100 valence electrons. The predicted molar refractivity (Wildman–Crippen MR) is 80.2 cm³/mol. The second kappa shape index (κ2) is 6.88. The van der Waals surface area contributed by atoms with Crippen molar-refractivity contribution in [3.05, 3.63) is 42.2 Å². The molecule has 0 bridgehead atoms. The predicted octanol–water partition coefficient (Wildman–Crippen LogP) is 3.92. The molecule has 19 heavy (non-hydrogen) atoms.